The van der Waals surface area contributed by atoms with Gasteiger partial charge in [-0.3, -0.25) is 4.79 Å². The minimum absolute atomic E-state index is 0.0127. The number of aliphatic carboxylic acids is 1. The van der Waals surface area contributed by atoms with Gasteiger partial charge >= 0.3 is 5.97 Å². The molecular formula is C11H22N2O4S. The number of carbonyl (C=O) groups is 1. The van der Waals surface area contributed by atoms with E-state index < -0.39 is 21.6 Å². The van der Waals surface area contributed by atoms with E-state index in [0.717, 1.165) is 12.8 Å². The zero-order chi connectivity index (χ0) is 13.8. The summed E-state index contributed by atoms with van der Waals surface area (Å²) < 4.78 is 27.6. The summed E-state index contributed by atoms with van der Waals surface area (Å²) in [7, 11) is -3.56. The summed E-state index contributed by atoms with van der Waals surface area (Å²) >= 11 is 0. The number of nitrogens with zero attached hydrogens (tertiary/aromatic N) is 1. The maximum absolute atomic E-state index is 11.9. The molecule has 1 fully saturated rings. The lowest BCUT2D eigenvalue weighted by Crippen LogP contribution is -2.47. The van der Waals surface area contributed by atoms with Crippen LogP contribution in [0.2, 0.25) is 0 Å². The Bertz CT molecular complexity index is 384. The van der Waals surface area contributed by atoms with Gasteiger partial charge in [0.15, 0.2) is 0 Å². The van der Waals surface area contributed by atoms with E-state index in [1.165, 1.54) is 4.31 Å². The van der Waals surface area contributed by atoms with Crippen molar-refractivity contribution in [2.24, 2.45) is 5.41 Å². The fourth-order valence-corrected chi connectivity index (χ4v) is 3.72. The lowest BCUT2D eigenvalue weighted by molar-refractivity contribution is -0.148. The molecule has 0 atom stereocenters. The molecule has 7 heteroatoms. The largest absolute Gasteiger partial charge is 0.481 e. The van der Waals surface area contributed by atoms with Crippen molar-refractivity contribution in [2.75, 3.05) is 19.6 Å². The van der Waals surface area contributed by atoms with Crippen molar-refractivity contribution in [3.8, 4) is 0 Å². The van der Waals surface area contributed by atoms with Crippen LogP contribution >= 0.6 is 0 Å². The van der Waals surface area contributed by atoms with E-state index in [2.05, 4.69) is 4.72 Å². The zero-order valence-electron chi connectivity index (χ0n) is 11.0. The fourth-order valence-electron chi connectivity index (χ4n) is 2.40. The molecule has 0 spiro atoms. The average molecular weight is 278 g/mol. The highest BCUT2D eigenvalue weighted by atomic mass is 32.2. The molecule has 0 aromatic carbocycles. The normalized spacial score (nSPS) is 19.3. The first-order valence-corrected chi connectivity index (χ1v) is 7.80. The monoisotopic (exact) mass is 278 g/mol. The molecule has 2 N–H and O–H groups in total. The van der Waals surface area contributed by atoms with Crippen LogP contribution in [-0.2, 0) is 15.0 Å². The molecule has 0 unspecified atom stereocenters. The van der Waals surface area contributed by atoms with Crippen LogP contribution in [0.3, 0.4) is 0 Å². The van der Waals surface area contributed by atoms with Gasteiger partial charge in [0.2, 0.25) is 0 Å². The molecule has 1 aliphatic carbocycles. The first kappa shape index (κ1) is 15.4. The minimum Gasteiger partial charge on any atom is -0.481 e. The van der Waals surface area contributed by atoms with Gasteiger partial charge in [-0.25, -0.2) is 4.72 Å². The molecule has 6 nitrogen and oxygen atoms in total. The van der Waals surface area contributed by atoms with Crippen LogP contribution in [-0.4, -0.2) is 43.4 Å². The summed E-state index contributed by atoms with van der Waals surface area (Å²) in [5, 5.41) is 9.27. The second-order valence-electron chi connectivity index (χ2n) is 4.70. The highest BCUT2D eigenvalue weighted by Crippen LogP contribution is 2.37. The smallest absolute Gasteiger partial charge is 0.310 e. The van der Waals surface area contributed by atoms with Crippen LogP contribution in [0.15, 0.2) is 0 Å². The molecule has 0 aliphatic heterocycles. The Hall–Kier alpha value is -0.660. The van der Waals surface area contributed by atoms with Crippen LogP contribution < -0.4 is 4.72 Å². The van der Waals surface area contributed by atoms with Crippen LogP contribution in [0.4, 0.5) is 0 Å². The predicted molar refractivity (Wildman–Crippen MR) is 68.4 cm³/mol. The number of hydrogen-bond donors (Lipinski definition) is 2. The summed E-state index contributed by atoms with van der Waals surface area (Å²) in [5.74, 6) is -0.901. The molecule has 0 radical (unpaired) electrons. The molecule has 1 saturated carbocycles. The standard InChI is InChI=1S/C11H22N2O4S/c1-3-13(4-2)18(16,17)12-9-11(10(14)15)7-5-6-8-11/h12H,3-9H2,1-2H3,(H,14,15). The Morgan fingerprint density at radius 1 is 1.28 bits per heavy atom. The van der Waals surface area contributed by atoms with E-state index in [1.807, 2.05) is 0 Å². The van der Waals surface area contributed by atoms with E-state index in [0.29, 0.717) is 25.9 Å². The molecule has 0 saturated heterocycles. The third kappa shape index (κ3) is 3.21. The van der Waals surface area contributed by atoms with Crippen molar-refractivity contribution in [3.63, 3.8) is 0 Å². The number of carboxylic acids is 1. The van der Waals surface area contributed by atoms with Gasteiger partial charge in [-0.15, -0.1) is 0 Å². The SMILES string of the molecule is CCN(CC)S(=O)(=O)NCC1(C(=O)O)CCCC1. The third-order valence-electron chi connectivity index (χ3n) is 3.65. The van der Waals surface area contributed by atoms with Crippen molar-refractivity contribution in [1.82, 2.24) is 9.03 Å². The van der Waals surface area contributed by atoms with Crippen molar-refractivity contribution < 1.29 is 18.3 Å². The Labute approximate surface area is 109 Å². The Morgan fingerprint density at radius 2 is 1.78 bits per heavy atom. The van der Waals surface area contributed by atoms with Crippen LogP contribution in [0.5, 0.6) is 0 Å². The Kier molecular flexibility index (Phi) is 5.12. The molecule has 18 heavy (non-hydrogen) atoms. The van der Waals surface area contributed by atoms with Gasteiger partial charge in [0, 0.05) is 19.6 Å². The summed E-state index contributed by atoms with van der Waals surface area (Å²) in [5.41, 5.74) is -0.916. The van der Waals surface area contributed by atoms with Gasteiger partial charge in [0.25, 0.3) is 10.2 Å². The number of rotatable bonds is 7. The molecule has 0 aromatic heterocycles. The fraction of sp³-hybridized carbons (Fsp3) is 0.909. The van der Waals surface area contributed by atoms with Gasteiger partial charge in [-0.2, -0.15) is 12.7 Å². The quantitative estimate of drug-likeness (QED) is 0.721. The second-order valence-corrected chi connectivity index (χ2v) is 6.46. The summed E-state index contributed by atoms with van der Waals surface area (Å²) in [6.45, 7) is 4.26. The lowest BCUT2D eigenvalue weighted by Gasteiger charge is -2.26. The molecule has 0 heterocycles. The highest BCUT2D eigenvalue weighted by molar-refractivity contribution is 7.87. The van der Waals surface area contributed by atoms with Crippen molar-refractivity contribution in [2.45, 2.75) is 39.5 Å². The van der Waals surface area contributed by atoms with E-state index in [-0.39, 0.29) is 6.54 Å². The zero-order valence-corrected chi connectivity index (χ0v) is 11.8. The Balaban J connectivity index is 2.71. The molecule has 1 aliphatic rings. The van der Waals surface area contributed by atoms with Gasteiger partial charge in [-0.05, 0) is 12.8 Å². The maximum atomic E-state index is 11.9. The molecule has 0 bridgehead atoms. The van der Waals surface area contributed by atoms with Gasteiger partial charge in [0.1, 0.15) is 0 Å². The summed E-state index contributed by atoms with van der Waals surface area (Å²) in [6, 6.07) is 0. The second kappa shape index (κ2) is 5.99. The molecule has 0 aromatic rings. The molecule has 1 rings (SSSR count). The van der Waals surface area contributed by atoms with E-state index in [9.17, 15) is 18.3 Å². The molecule has 0 amide bonds. The first-order valence-electron chi connectivity index (χ1n) is 6.36. The van der Waals surface area contributed by atoms with Crippen molar-refractivity contribution >= 4 is 16.2 Å². The lowest BCUT2D eigenvalue weighted by atomic mass is 9.87. The Morgan fingerprint density at radius 3 is 2.17 bits per heavy atom. The first-order chi connectivity index (χ1) is 8.38. The van der Waals surface area contributed by atoms with Gasteiger partial charge in [0.05, 0.1) is 5.41 Å². The maximum Gasteiger partial charge on any atom is 0.310 e. The van der Waals surface area contributed by atoms with Gasteiger partial charge < -0.3 is 5.11 Å². The predicted octanol–water partition coefficient (Wildman–Crippen LogP) is 0.808. The van der Waals surface area contributed by atoms with E-state index in [4.69, 9.17) is 0 Å². The van der Waals surface area contributed by atoms with E-state index >= 15 is 0 Å². The minimum atomic E-state index is -3.56. The topological polar surface area (TPSA) is 86.7 Å². The summed E-state index contributed by atoms with van der Waals surface area (Å²) in [4.78, 5) is 11.3. The van der Waals surface area contributed by atoms with Crippen LogP contribution in [0.25, 0.3) is 0 Å². The molecule has 106 valence electrons. The van der Waals surface area contributed by atoms with Crippen LogP contribution in [0.1, 0.15) is 39.5 Å². The van der Waals surface area contributed by atoms with Crippen LogP contribution in [0, 0.1) is 5.41 Å². The van der Waals surface area contributed by atoms with E-state index in [1.54, 1.807) is 13.8 Å². The third-order valence-corrected chi connectivity index (χ3v) is 5.36. The average Bonchev–Trinajstić information content (AvgIpc) is 2.78. The highest BCUT2D eigenvalue weighted by Gasteiger charge is 2.42. The number of hydrogen-bond acceptors (Lipinski definition) is 3. The number of nitrogens with one attached hydrogen (secondary N) is 1. The van der Waals surface area contributed by atoms with Crippen molar-refractivity contribution in [3.05, 3.63) is 0 Å². The number of carboxylic acid groups (broad SMARTS) is 1. The summed E-state index contributed by atoms with van der Waals surface area (Å²) in [6.07, 6.45) is 2.78. The molecular weight excluding hydrogens is 256 g/mol. The van der Waals surface area contributed by atoms with Crippen molar-refractivity contribution in [1.29, 1.82) is 0 Å². The van der Waals surface area contributed by atoms with Gasteiger partial charge in [-0.1, -0.05) is 26.7 Å².